The summed E-state index contributed by atoms with van der Waals surface area (Å²) in [5, 5.41) is 3.53. The lowest BCUT2D eigenvalue weighted by molar-refractivity contribution is 0.122. The van der Waals surface area contributed by atoms with E-state index in [0.717, 1.165) is 45.7 Å². The average Bonchev–Trinajstić information content (AvgIpc) is 2.94. The van der Waals surface area contributed by atoms with E-state index in [0.29, 0.717) is 6.04 Å². The molecular formula is C31H57N3O. The van der Waals surface area contributed by atoms with Gasteiger partial charge >= 0.3 is 0 Å². The van der Waals surface area contributed by atoms with Crippen LogP contribution in [0.5, 0.6) is 0 Å². The van der Waals surface area contributed by atoms with E-state index >= 15 is 0 Å². The lowest BCUT2D eigenvalue weighted by Gasteiger charge is -2.34. The number of nitrogens with one attached hydrogen (secondary N) is 1. The summed E-state index contributed by atoms with van der Waals surface area (Å²) in [6.07, 6.45) is 4.10. The second-order valence-corrected chi connectivity index (χ2v) is 7.63. The summed E-state index contributed by atoms with van der Waals surface area (Å²) in [5.41, 5.74) is 8.20. The van der Waals surface area contributed by atoms with Gasteiger partial charge in [0.1, 0.15) is 0 Å². The van der Waals surface area contributed by atoms with Gasteiger partial charge in [0.2, 0.25) is 0 Å². The Labute approximate surface area is 218 Å². The van der Waals surface area contributed by atoms with Crippen molar-refractivity contribution in [1.29, 1.82) is 0 Å². The largest absolute Gasteiger partial charge is 0.378 e. The van der Waals surface area contributed by atoms with Crippen molar-refractivity contribution in [2.75, 3.05) is 31.2 Å². The SMILES string of the molecule is CC.CC.CC.CC.CC1Cc2c(cccc2N2CCOCC2)CN1.CCc1ncc(C)cc1C. The molecule has 0 saturated carbocycles. The van der Waals surface area contributed by atoms with Crippen molar-refractivity contribution >= 4 is 5.69 Å². The molecule has 1 saturated heterocycles. The van der Waals surface area contributed by atoms with Gasteiger partial charge in [-0.25, -0.2) is 0 Å². The zero-order chi connectivity index (χ0) is 27.2. The Hall–Kier alpha value is -1.91. The van der Waals surface area contributed by atoms with Gasteiger partial charge in [0.15, 0.2) is 0 Å². The third-order valence-corrected chi connectivity index (χ3v) is 5.41. The van der Waals surface area contributed by atoms with Crippen LogP contribution >= 0.6 is 0 Å². The molecule has 1 atom stereocenters. The van der Waals surface area contributed by atoms with E-state index in [-0.39, 0.29) is 0 Å². The minimum atomic E-state index is 0.588. The molecule has 4 nitrogen and oxygen atoms in total. The zero-order valence-corrected chi connectivity index (χ0v) is 25.2. The highest BCUT2D eigenvalue weighted by Gasteiger charge is 2.21. The highest BCUT2D eigenvalue weighted by molar-refractivity contribution is 5.58. The number of rotatable bonds is 2. The number of benzene rings is 1. The maximum absolute atomic E-state index is 5.43. The Kier molecular flexibility index (Phi) is 22.7. The number of hydrogen-bond acceptors (Lipinski definition) is 4. The number of hydrogen-bond donors (Lipinski definition) is 1. The fraction of sp³-hybridized carbons (Fsp3) is 0.645. The second kappa shape index (κ2) is 22.5. The summed E-state index contributed by atoms with van der Waals surface area (Å²) < 4.78 is 5.43. The van der Waals surface area contributed by atoms with Crippen molar-refractivity contribution in [3.05, 3.63) is 58.4 Å². The van der Waals surface area contributed by atoms with E-state index in [1.165, 1.54) is 28.1 Å². The first-order chi connectivity index (χ1) is 17.1. The molecule has 1 aromatic heterocycles. The molecule has 0 amide bonds. The molecule has 3 heterocycles. The van der Waals surface area contributed by atoms with Crippen molar-refractivity contribution in [2.45, 2.75) is 109 Å². The molecule has 1 aromatic carbocycles. The summed E-state index contributed by atoms with van der Waals surface area (Å²) in [6.45, 7) is 29.3. The number of nitrogens with zero attached hydrogens (tertiary/aromatic N) is 2. The van der Waals surface area contributed by atoms with Crippen LogP contribution < -0.4 is 10.2 Å². The monoisotopic (exact) mass is 487 g/mol. The lowest BCUT2D eigenvalue weighted by atomic mass is 9.94. The molecule has 0 radical (unpaired) electrons. The first-order valence-electron chi connectivity index (χ1n) is 14.2. The molecule has 0 bridgehead atoms. The number of ether oxygens (including phenoxy) is 1. The van der Waals surface area contributed by atoms with E-state index < -0.39 is 0 Å². The molecule has 0 aliphatic carbocycles. The van der Waals surface area contributed by atoms with E-state index in [2.05, 4.69) is 67.2 Å². The van der Waals surface area contributed by atoms with Crippen LogP contribution in [0.3, 0.4) is 0 Å². The minimum absolute atomic E-state index is 0.588. The van der Waals surface area contributed by atoms with E-state index in [1.807, 2.05) is 61.6 Å². The van der Waals surface area contributed by atoms with Crippen LogP contribution in [0, 0.1) is 13.8 Å². The number of fused-ring (bicyclic) bond motifs is 1. The molecule has 1 unspecified atom stereocenters. The number of morpholine rings is 1. The molecule has 4 heteroatoms. The Morgan fingerprint density at radius 2 is 1.57 bits per heavy atom. The predicted molar refractivity (Wildman–Crippen MR) is 158 cm³/mol. The normalized spacial score (nSPS) is 15.4. The Morgan fingerprint density at radius 1 is 0.971 bits per heavy atom. The van der Waals surface area contributed by atoms with Gasteiger partial charge in [-0.2, -0.15) is 0 Å². The first-order valence-corrected chi connectivity index (χ1v) is 14.2. The molecule has 2 aliphatic rings. The van der Waals surface area contributed by atoms with Crippen LogP contribution in [0.1, 0.15) is 97.2 Å². The summed E-state index contributed by atoms with van der Waals surface area (Å²) >= 11 is 0. The fourth-order valence-electron chi connectivity index (χ4n) is 3.90. The summed E-state index contributed by atoms with van der Waals surface area (Å²) in [5.74, 6) is 0. The van der Waals surface area contributed by atoms with Crippen LogP contribution in [-0.2, 0) is 24.1 Å². The third kappa shape index (κ3) is 12.6. The van der Waals surface area contributed by atoms with Crippen LogP contribution in [0.2, 0.25) is 0 Å². The molecule has 1 fully saturated rings. The quantitative estimate of drug-likeness (QED) is 0.467. The van der Waals surface area contributed by atoms with Gasteiger partial charge in [-0.05, 0) is 61.9 Å². The van der Waals surface area contributed by atoms with Crippen molar-refractivity contribution in [3.63, 3.8) is 0 Å². The Bertz CT molecular complexity index is 755. The number of aromatic nitrogens is 1. The highest BCUT2D eigenvalue weighted by Crippen LogP contribution is 2.28. The molecule has 2 aliphatic heterocycles. The van der Waals surface area contributed by atoms with Crippen LogP contribution in [0.15, 0.2) is 30.5 Å². The molecule has 202 valence electrons. The molecule has 2 aromatic rings. The average molecular weight is 488 g/mol. The topological polar surface area (TPSA) is 37.4 Å². The molecule has 0 spiro atoms. The van der Waals surface area contributed by atoms with Gasteiger partial charge in [-0.1, -0.05) is 80.5 Å². The van der Waals surface area contributed by atoms with Gasteiger partial charge in [0.05, 0.1) is 13.2 Å². The van der Waals surface area contributed by atoms with Crippen LogP contribution in [0.4, 0.5) is 5.69 Å². The number of anilines is 1. The standard InChI is InChI=1S/C14H20N2O.C9H13N.4C2H6/c1-11-9-13-12(10-15-11)3-2-4-14(13)16-5-7-17-8-6-16;1-4-9-8(3)5-7(2)6-10-9;4*1-2/h2-4,11,15H,5-10H2,1H3;5-6H,4H2,1-3H3;4*1-2H3. The first kappa shape index (κ1) is 35.3. The van der Waals surface area contributed by atoms with Gasteiger partial charge < -0.3 is 15.0 Å². The highest BCUT2D eigenvalue weighted by atomic mass is 16.5. The molecule has 4 rings (SSSR count). The van der Waals surface area contributed by atoms with E-state index in [4.69, 9.17) is 4.74 Å². The maximum atomic E-state index is 5.43. The molecule has 35 heavy (non-hydrogen) atoms. The van der Waals surface area contributed by atoms with Gasteiger partial charge in [0, 0.05) is 43.3 Å². The summed E-state index contributed by atoms with van der Waals surface area (Å²) in [7, 11) is 0. The molecule has 1 N–H and O–H groups in total. The van der Waals surface area contributed by atoms with Crippen molar-refractivity contribution in [2.24, 2.45) is 0 Å². The van der Waals surface area contributed by atoms with Gasteiger partial charge in [0.25, 0.3) is 0 Å². The Morgan fingerprint density at radius 3 is 2.11 bits per heavy atom. The fourth-order valence-corrected chi connectivity index (χ4v) is 3.90. The second-order valence-electron chi connectivity index (χ2n) is 7.63. The maximum Gasteiger partial charge on any atom is 0.0642 e. The third-order valence-electron chi connectivity index (χ3n) is 5.41. The van der Waals surface area contributed by atoms with E-state index in [1.54, 1.807) is 5.56 Å². The Balaban J connectivity index is 0. The zero-order valence-electron chi connectivity index (χ0n) is 25.2. The van der Waals surface area contributed by atoms with Crippen molar-refractivity contribution < 1.29 is 4.74 Å². The van der Waals surface area contributed by atoms with Gasteiger partial charge in [-0.3, -0.25) is 4.98 Å². The molecular weight excluding hydrogens is 430 g/mol. The lowest BCUT2D eigenvalue weighted by Crippen LogP contribution is -2.39. The minimum Gasteiger partial charge on any atom is -0.378 e. The van der Waals surface area contributed by atoms with E-state index in [9.17, 15) is 0 Å². The predicted octanol–water partition coefficient (Wildman–Crippen LogP) is 7.92. The van der Waals surface area contributed by atoms with Crippen molar-refractivity contribution in [3.8, 4) is 0 Å². The smallest absolute Gasteiger partial charge is 0.0642 e. The number of aryl methyl sites for hydroxylation is 3. The van der Waals surface area contributed by atoms with Gasteiger partial charge in [-0.15, -0.1) is 0 Å². The summed E-state index contributed by atoms with van der Waals surface area (Å²) in [4.78, 5) is 6.77. The summed E-state index contributed by atoms with van der Waals surface area (Å²) in [6, 6.07) is 9.46. The van der Waals surface area contributed by atoms with Crippen molar-refractivity contribution in [1.82, 2.24) is 10.3 Å². The number of pyridine rings is 1. The van der Waals surface area contributed by atoms with Crippen LogP contribution in [-0.4, -0.2) is 37.3 Å². The van der Waals surface area contributed by atoms with Crippen LogP contribution in [0.25, 0.3) is 0 Å².